The largest absolute Gasteiger partial charge is 0.321 e. The number of fused-ring (bicyclic) bond motifs is 1. The number of aromatic nitrogens is 1. The molecule has 4 aromatic rings. The van der Waals surface area contributed by atoms with Crippen molar-refractivity contribution >= 4 is 50.4 Å². The Morgan fingerprint density at radius 1 is 1.07 bits per heavy atom. The fourth-order valence-electron chi connectivity index (χ4n) is 2.81. The lowest BCUT2D eigenvalue weighted by Crippen LogP contribution is -2.14. The third-order valence-electron chi connectivity index (χ3n) is 4.10. The van der Waals surface area contributed by atoms with Crippen LogP contribution in [0.4, 0.5) is 11.4 Å². The quantitative estimate of drug-likeness (QED) is 0.342. The molecule has 0 saturated heterocycles. The smallest absolute Gasteiger partial charge is 0.282 e. The van der Waals surface area contributed by atoms with Gasteiger partial charge >= 0.3 is 0 Å². The molecule has 28 heavy (non-hydrogen) atoms. The van der Waals surface area contributed by atoms with Crippen LogP contribution in [-0.2, 0) is 0 Å². The number of benzene rings is 3. The molecule has 0 bridgehead atoms. The Hall–Kier alpha value is -3.29. The lowest BCUT2D eigenvalue weighted by atomic mass is 10.1. The maximum atomic E-state index is 12.8. The number of nitro groups is 1. The first kappa shape index (κ1) is 18.1. The number of nitrogens with zero attached hydrogens (tertiary/aromatic N) is 2. The summed E-state index contributed by atoms with van der Waals surface area (Å²) in [5.41, 5.74) is 1.72. The predicted molar refractivity (Wildman–Crippen MR) is 111 cm³/mol. The fourth-order valence-corrected chi connectivity index (χ4v) is 3.98. The van der Waals surface area contributed by atoms with Gasteiger partial charge in [0.15, 0.2) is 0 Å². The molecule has 0 fully saturated rings. The molecule has 3 aromatic carbocycles. The molecule has 6 nitrogen and oxygen atoms in total. The zero-order valence-electron chi connectivity index (χ0n) is 14.3. The van der Waals surface area contributed by atoms with E-state index in [9.17, 15) is 14.9 Å². The van der Waals surface area contributed by atoms with E-state index in [1.807, 2.05) is 36.4 Å². The summed E-state index contributed by atoms with van der Waals surface area (Å²) in [5.74, 6) is -0.609. The maximum Gasteiger partial charge on any atom is 0.282 e. The summed E-state index contributed by atoms with van der Waals surface area (Å²) in [6.45, 7) is 0. The summed E-state index contributed by atoms with van der Waals surface area (Å²) >= 11 is 7.44. The van der Waals surface area contributed by atoms with Crippen molar-refractivity contribution in [2.75, 3.05) is 5.32 Å². The molecular weight excluding hydrogens is 398 g/mol. The average Bonchev–Trinajstić information content (AvgIpc) is 3.12. The maximum absolute atomic E-state index is 12.8. The number of amides is 1. The van der Waals surface area contributed by atoms with Crippen LogP contribution in [0, 0.1) is 10.1 Å². The second kappa shape index (κ2) is 7.38. The van der Waals surface area contributed by atoms with Crippen LogP contribution in [-0.4, -0.2) is 15.8 Å². The minimum atomic E-state index is -0.609. The number of thiazole rings is 1. The molecule has 1 amide bonds. The van der Waals surface area contributed by atoms with Crippen LogP contribution in [0.25, 0.3) is 20.8 Å². The van der Waals surface area contributed by atoms with E-state index in [-0.39, 0.29) is 16.3 Å². The molecule has 138 valence electrons. The number of hydrogen-bond acceptors (Lipinski definition) is 5. The molecule has 0 unspecified atom stereocenters. The molecular formula is C20H12ClN3O3S. The van der Waals surface area contributed by atoms with Gasteiger partial charge in [0.2, 0.25) is 0 Å². The number of nitrogens with one attached hydrogen (secondary N) is 1. The molecule has 0 atom stereocenters. The third-order valence-corrected chi connectivity index (χ3v) is 5.40. The Balaban J connectivity index is 1.73. The van der Waals surface area contributed by atoms with E-state index in [0.717, 1.165) is 20.8 Å². The first-order valence-electron chi connectivity index (χ1n) is 8.23. The Labute approximate surface area is 168 Å². The molecule has 0 aliphatic rings. The van der Waals surface area contributed by atoms with Gasteiger partial charge in [-0.2, -0.15) is 0 Å². The molecule has 4 rings (SSSR count). The Kier molecular flexibility index (Phi) is 4.77. The van der Waals surface area contributed by atoms with Crippen LogP contribution in [0.1, 0.15) is 10.4 Å². The standard InChI is InChI=1S/C20H12ClN3O3S/c21-12-9-10-17(24(26)27)14(11-12)19(25)22-15-6-2-1-5-13(15)20-23-16-7-3-4-8-18(16)28-20/h1-11H,(H,22,25). The van der Waals surface area contributed by atoms with E-state index >= 15 is 0 Å². The molecule has 1 heterocycles. The second-order valence-corrected chi connectivity index (χ2v) is 7.37. The summed E-state index contributed by atoms with van der Waals surface area (Å²) in [6, 6.07) is 18.8. The predicted octanol–water partition coefficient (Wildman–Crippen LogP) is 5.78. The summed E-state index contributed by atoms with van der Waals surface area (Å²) in [7, 11) is 0. The van der Waals surface area contributed by atoms with Crippen molar-refractivity contribution in [1.82, 2.24) is 4.98 Å². The van der Waals surface area contributed by atoms with E-state index in [4.69, 9.17) is 11.6 Å². The van der Waals surface area contributed by atoms with E-state index in [1.54, 1.807) is 12.1 Å². The van der Waals surface area contributed by atoms with Gasteiger partial charge < -0.3 is 5.32 Å². The van der Waals surface area contributed by atoms with Gasteiger partial charge in [-0.1, -0.05) is 35.9 Å². The van der Waals surface area contributed by atoms with E-state index < -0.39 is 10.8 Å². The molecule has 0 radical (unpaired) electrons. The van der Waals surface area contributed by atoms with Crippen molar-refractivity contribution in [2.24, 2.45) is 0 Å². The molecule has 8 heteroatoms. The summed E-state index contributed by atoms with van der Waals surface area (Å²) in [6.07, 6.45) is 0. The number of nitro benzene ring substituents is 1. The first-order chi connectivity index (χ1) is 13.5. The van der Waals surface area contributed by atoms with Gasteiger partial charge in [-0.05, 0) is 36.4 Å². The number of carbonyl (C=O) groups excluding carboxylic acids is 1. The van der Waals surface area contributed by atoms with Crippen molar-refractivity contribution in [2.45, 2.75) is 0 Å². The van der Waals surface area contributed by atoms with Gasteiger partial charge in [0, 0.05) is 16.7 Å². The average molecular weight is 410 g/mol. The topological polar surface area (TPSA) is 85.1 Å². The number of rotatable bonds is 4. The molecule has 0 aliphatic carbocycles. The zero-order valence-corrected chi connectivity index (χ0v) is 15.8. The van der Waals surface area contributed by atoms with Crippen LogP contribution < -0.4 is 5.32 Å². The van der Waals surface area contributed by atoms with Crippen molar-refractivity contribution < 1.29 is 9.72 Å². The fraction of sp³-hybridized carbons (Fsp3) is 0. The highest BCUT2D eigenvalue weighted by atomic mass is 35.5. The molecule has 1 aromatic heterocycles. The van der Waals surface area contributed by atoms with Crippen LogP contribution in [0.2, 0.25) is 5.02 Å². The molecule has 0 saturated carbocycles. The number of anilines is 1. The van der Waals surface area contributed by atoms with Gasteiger partial charge in [0.25, 0.3) is 11.6 Å². The number of hydrogen-bond donors (Lipinski definition) is 1. The highest BCUT2D eigenvalue weighted by Gasteiger charge is 2.22. The van der Waals surface area contributed by atoms with Crippen molar-refractivity contribution in [1.29, 1.82) is 0 Å². The highest BCUT2D eigenvalue weighted by Crippen LogP contribution is 2.35. The van der Waals surface area contributed by atoms with Crippen molar-refractivity contribution in [3.63, 3.8) is 0 Å². The minimum Gasteiger partial charge on any atom is -0.321 e. The number of halogens is 1. The van der Waals surface area contributed by atoms with Crippen LogP contribution in [0.3, 0.4) is 0 Å². The van der Waals surface area contributed by atoms with Gasteiger partial charge in [0.1, 0.15) is 10.6 Å². The SMILES string of the molecule is O=C(Nc1ccccc1-c1nc2ccccc2s1)c1cc(Cl)ccc1[N+](=O)[O-]. The lowest BCUT2D eigenvalue weighted by Gasteiger charge is -2.10. The molecule has 0 spiro atoms. The Bertz CT molecular complexity index is 1190. The monoisotopic (exact) mass is 409 g/mol. The highest BCUT2D eigenvalue weighted by molar-refractivity contribution is 7.21. The summed E-state index contributed by atoms with van der Waals surface area (Å²) in [5, 5.41) is 15.0. The molecule has 1 N–H and O–H groups in total. The summed E-state index contributed by atoms with van der Waals surface area (Å²) in [4.78, 5) is 28.0. The van der Waals surface area contributed by atoms with Crippen LogP contribution in [0.15, 0.2) is 66.7 Å². The van der Waals surface area contributed by atoms with Gasteiger partial charge in [0.05, 0.1) is 20.8 Å². The van der Waals surface area contributed by atoms with Crippen molar-refractivity contribution in [3.8, 4) is 10.6 Å². The van der Waals surface area contributed by atoms with Crippen LogP contribution >= 0.6 is 22.9 Å². The van der Waals surface area contributed by atoms with Crippen molar-refractivity contribution in [3.05, 3.63) is 87.4 Å². The second-order valence-electron chi connectivity index (χ2n) is 5.91. The van der Waals surface area contributed by atoms with Crippen LogP contribution in [0.5, 0.6) is 0 Å². The minimum absolute atomic E-state index is 0.100. The zero-order chi connectivity index (χ0) is 19.7. The Morgan fingerprint density at radius 3 is 2.61 bits per heavy atom. The summed E-state index contributed by atoms with van der Waals surface area (Å²) < 4.78 is 1.03. The Morgan fingerprint density at radius 2 is 1.82 bits per heavy atom. The van der Waals surface area contributed by atoms with Gasteiger partial charge in [-0.25, -0.2) is 4.98 Å². The lowest BCUT2D eigenvalue weighted by molar-refractivity contribution is -0.385. The van der Waals surface area contributed by atoms with Gasteiger partial charge in [-0.3, -0.25) is 14.9 Å². The van der Waals surface area contributed by atoms with E-state index in [0.29, 0.717) is 5.69 Å². The number of carbonyl (C=O) groups is 1. The number of para-hydroxylation sites is 2. The normalized spacial score (nSPS) is 10.8. The third kappa shape index (κ3) is 3.45. The molecule has 0 aliphatic heterocycles. The first-order valence-corrected chi connectivity index (χ1v) is 9.42. The van der Waals surface area contributed by atoms with E-state index in [1.165, 1.54) is 29.5 Å². The van der Waals surface area contributed by atoms with E-state index in [2.05, 4.69) is 10.3 Å². The van der Waals surface area contributed by atoms with Gasteiger partial charge in [-0.15, -0.1) is 11.3 Å².